The SMILES string of the molecule is N#Cc1ccc(CNCCc2cc(Cl)c3c(c2)OCCO3)cc1. The molecule has 4 nitrogen and oxygen atoms in total. The molecule has 0 unspecified atom stereocenters. The quantitative estimate of drug-likeness (QED) is 0.855. The van der Waals surface area contributed by atoms with E-state index >= 15 is 0 Å². The van der Waals surface area contributed by atoms with E-state index < -0.39 is 0 Å². The molecule has 1 aliphatic rings. The van der Waals surface area contributed by atoms with Crippen LogP contribution in [0.2, 0.25) is 5.02 Å². The molecule has 1 heterocycles. The summed E-state index contributed by atoms with van der Waals surface area (Å²) in [6.45, 7) is 2.70. The Kier molecular flexibility index (Phi) is 5.02. The summed E-state index contributed by atoms with van der Waals surface area (Å²) in [4.78, 5) is 0. The Hall–Kier alpha value is -2.22. The van der Waals surface area contributed by atoms with Crippen molar-refractivity contribution in [3.8, 4) is 17.6 Å². The summed E-state index contributed by atoms with van der Waals surface area (Å²) in [7, 11) is 0. The molecule has 0 fully saturated rings. The van der Waals surface area contributed by atoms with Gasteiger partial charge in [0.1, 0.15) is 13.2 Å². The fourth-order valence-corrected chi connectivity index (χ4v) is 2.76. The molecule has 0 spiro atoms. The van der Waals surface area contributed by atoms with E-state index in [2.05, 4.69) is 11.4 Å². The first-order chi connectivity index (χ1) is 11.3. The second kappa shape index (κ2) is 7.36. The number of ether oxygens (including phenoxy) is 2. The molecule has 3 rings (SSSR count). The third-order valence-electron chi connectivity index (χ3n) is 3.66. The molecule has 118 valence electrons. The maximum Gasteiger partial charge on any atom is 0.179 e. The van der Waals surface area contributed by atoms with Gasteiger partial charge < -0.3 is 14.8 Å². The number of halogens is 1. The molecule has 0 bridgehead atoms. The first-order valence-electron chi connectivity index (χ1n) is 7.54. The summed E-state index contributed by atoms with van der Waals surface area (Å²) in [5.74, 6) is 1.37. The largest absolute Gasteiger partial charge is 0.486 e. The summed E-state index contributed by atoms with van der Waals surface area (Å²) in [6, 6.07) is 13.6. The van der Waals surface area contributed by atoms with Crippen LogP contribution in [0.15, 0.2) is 36.4 Å². The van der Waals surface area contributed by atoms with Crippen molar-refractivity contribution < 1.29 is 9.47 Å². The van der Waals surface area contributed by atoms with Gasteiger partial charge in [-0.3, -0.25) is 0 Å². The van der Waals surface area contributed by atoms with Gasteiger partial charge in [0.15, 0.2) is 11.5 Å². The Labute approximate surface area is 140 Å². The van der Waals surface area contributed by atoms with Gasteiger partial charge in [0.05, 0.1) is 16.7 Å². The second-order valence-corrected chi connectivity index (χ2v) is 5.74. The Morgan fingerprint density at radius 3 is 2.65 bits per heavy atom. The monoisotopic (exact) mass is 328 g/mol. The number of rotatable bonds is 5. The van der Waals surface area contributed by atoms with E-state index in [9.17, 15) is 0 Å². The highest BCUT2D eigenvalue weighted by Crippen LogP contribution is 2.38. The minimum atomic E-state index is 0.540. The lowest BCUT2D eigenvalue weighted by molar-refractivity contribution is 0.171. The number of nitrogens with one attached hydrogen (secondary N) is 1. The fraction of sp³-hybridized carbons (Fsp3) is 0.278. The molecule has 5 heteroatoms. The van der Waals surface area contributed by atoms with Gasteiger partial charge >= 0.3 is 0 Å². The van der Waals surface area contributed by atoms with Gasteiger partial charge in [0.25, 0.3) is 0 Å². The standard InChI is InChI=1S/C18H17ClN2O2/c19-16-9-15(10-17-18(16)23-8-7-22-17)5-6-21-12-14-3-1-13(11-20)2-4-14/h1-4,9-10,21H,5-8,12H2. The van der Waals surface area contributed by atoms with Crippen LogP contribution in [0.4, 0.5) is 0 Å². The van der Waals surface area contributed by atoms with Crippen LogP contribution >= 0.6 is 11.6 Å². The van der Waals surface area contributed by atoms with Crippen LogP contribution in [0.3, 0.4) is 0 Å². The molecule has 0 aromatic heterocycles. The summed E-state index contributed by atoms with van der Waals surface area (Å²) in [6.07, 6.45) is 0.854. The van der Waals surface area contributed by atoms with Crippen LogP contribution in [0.5, 0.6) is 11.5 Å². The first kappa shape index (κ1) is 15.7. The van der Waals surface area contributed by atoms with Gasteiger partial charge in [-0.15, -0.1) is 0 Å². The van der Waals surface area contributed by atoms with E-state index in [-0.39, 0.29) is 0 Å². The number of nitriles is 1. The van der Waals surface area contributed by atoms with Crippen molar-refractivity contribution in [2.75, 3.05) is 19.8 Å². The van der Waals surface area contributed by atoms with E-state index in [0.717, 1.165) is 36.4 Å². The minimum absolute atomic E-state index is 0.540. The van der Waals surface area contributed by atoms with Crippen LogP contribution in [-0.2, 0) is 13.0 Å². The van der Waals surface area contributed by atoms with Crippen molar-refractivity contribution in [3.63, 3.8) is 0 Å². The summed E-state index contributed by atoms with van der Waals surface area (Å²) >= 11 is 6.23. The summed E-state index contributed by atoms with van der Waals surface area (Å²) in [5.41, 5.74) is 2.95. The van der Waals surface area contributed by atoms with E-state index in [1.54, 1.807) is 0 Å². The molecule has 0 atom stereocenters. The molecule has 0 radical (unpaired) electrons. The van der Waals surface area contributed by atoms with Crippen molar-refractivity contribution in [1.82, 2.24) is 5.32 Å². The molecule has 0 saturated heterocycles. The van der Waals surface area contributed by atoms with Crippen molar-refractivity contribution in [2.45, 2.75) is 13.0 Å². The van der Waals surface area contributed by atoms with Crippen molar-refractivity contribution in [1.29, 1.82) is 5.26 Å². The second-order valence-electron chi connectivity index (χ2n) is 5.34. The highest BCUT2D eigenvalue weighted by atomic mass is 35.5. The third-order valence-corrected chi connectivity index (χ3v) is 3.94. The molecule has 0 aliphatic carbocycles. The molecule has 0 saturated carbocycles. The molecule has 2 aromatic carbocycles. The lowest BCUT2D eigenvalue weighted by Gasteiger charge is -2.20. The number of hydrogen-bond donors (Lipinski definition) is 1. The zero-order valence-electron chi connectivity index (χ0n) is 12.6. The molecular formula is C18H17ClN2O2. The average molecular weight is 329 g/mol. The van der Waals surface area contributed by atoms with Gasteiger partial charge in [0.2, 0.25) is 0 Å². The van der Waals surface area contributed by atoms with Crippen LogP contribution in [0.1, 0.15) is 16.7 Å². The lowest BCUT2D eigenvalue weighted by atomic mass is 10.1. The predicted octanol–water partition coefficient (Wildman–Crippen LogP) is 3.32. The Morgan fingerprint density at radius 2 is 1.87 bits per heavy atom. The topological polar surface area (TPSA) is 54.3 Å². The summed E-state index contributed by atoms with van der Waals surface area (Å²) in [5, 5.41) is 12.8. The number of nitrogens with zero attached hydrogens (tertiary/aromatic N) is 1. The first-order valence-corrected chi connectivity index (χ1v) is 7.92. The van der Waals surface area contributed by atoms with Crippen LogP contribution in [0.25, 0.3) is 0 Å². The Bertz CT molecular complexity index is 723. The van der Waals surface area contributed by atoms with Crippen molar-refractivity contribution >= 4 is 11.6 Å². The smallest absolute Gasteiger partial charge is 0.179 e. The molecule has 2 aromatic rings. The van der Waals surface area contributed by atoms with Gasteiger partial charge in [-0.2, -0.15) is 5.26 Å². The fourth-order valence-electron chi connectivity index (χ4n) is 2.47. The molecular weight excluding hydrogens is 312 g/mol. The van der Waals surface area contributed by atoms with Crippen molar-refractivity contribution in [3.05, 3.63) is 58.1 Å². The normalized spacial score (nSPS) is 12.7. The highest BCUT2D eigenvalue weighted by Gasteiger charge is 2.16. The third kappa shape index (κ3) is 3.95. The zero-order valence-corrected chi connectivity index (χ0v) is 13.4. The lowest BCUT2D eigenvalue weighted by Crippen LogP contribution is -2.18. The molecule has 0 amide bonds. The van der Waals surface area contributed by atoms with E-state index in [0.29, 0.717) is 29.5 Å². The number of hydrogen-bond acceptors (Lipinski definition) is 4. The maximum absolute atomic E-state index is 8.78. The van der Waals surface area contributed by atoms with Gasteiger partial charge in [0, 0.05) is 6.54 Å². The van der Waals surface area contributed by atoms with E-state index in [1.807, 2.05) is 36.4 Å². The minimum Gasteiger partial charge on any atom is -0.486 e. The van der Waals surface area contributed by atoms with Crippen LogP contribution in [0, 0.1) is 11.3 Å². The Morgan fingerprint density at radius 1 is 1.09 bits per heavy atom. The van der Waals surface area contributed by atoms with Gasteiger partial charge in [-0.05, 0) is 48.4 Å². The molecule has 1 N–H and O–H groups in total. The van der Waals surface area contributed by atoms with Crippen molar-refractivity contribution in [2.24, 2.45) is 0 Å². The van der Waals surface area contributed by atoms with Crippen LogP contribution in [-0.4, -0.2) is 19.8 Å². The zero-order chi connectivity index (χ0) is 16.1. The van der Waals surface area contributed by atoms with E-state index in [4.69, 9.17) is 26.3 Å². The number of fused-ring (bicyclic) bond motifs is 1. The van der Waals surface area contributed by atoms with Gasteiger partial charge in [-0.1, -0.05) is 23.7 Å². The number of benzene rings is 2. The van der Waals surface area contributed by atoms with Gasteiger partial charge in [-0.25, -0.2) is 0 Å². The average Bonchev–Trinajstić information content (AvgIpc) is 2.59. The van der Waals surface area contributed by atoms with Crippen LogP contribution < -0.4 is 14.8 Å². The predicted molar refractivity (Wildman–Crippen MR) is 89.0 cm³/mol. The highest BCUT2D eigenvalue weighted by molar-refractivity contribution is 6.32. The summed E-state index contributed by atoms with van der Waals surface area (Å²) < 4.78 is 11.1. The maximum atomic E-state index is 8.78. The van der Waals surface area contributed by atoms with E-state index in [1.165, 1.54) is 0 Å². The molecule has 1 aliphatic heterocycles. The Balaban J connectivity index is 1.52. The molecule has 23 heavy (non-hydrogen) atoms.